The molecule has 110 valence electrons. The summed E-state index contributed by atoms with van der Waals surface area (Å²) in [5.74, 6) is 0. The lowest BCUT2D eigenvalue weighted by Gasteiger charge is -2.06. The molecule has 2 aromatic carbocycles. The summed E-state index contributed by atoms with van der Waals surface area (Å²) in [6.45, 7) is 1.94. The summed E-state index contributed by atoms with van der Waals surface area (Å²) in [5.41, 5.74) is 4.56. The topological polar surface area (TPSA) is 43.9 Å². The fraction of sp³-hybridized carbons (Fsp3) is 0.0526. The quantitative estimate of drug-likeness (QED) is 0.453. The van der Waals surface area contributed by atoms with E-state index in [-0.39, 0.29) is 0 Å². The lowest BCUT2D eigenvalue weighted by atomic mass is 10.1. The first-order valence-electron chi connectivity index (χ1n) is 7.54. The van der Waals surface area contributed by atoms with E-state index >= 15 is 0 Å². The van der Waals surface area contributed by atoms with Crippen LogP contribution in [0.4, 0.5) is 0 Å². The number of benzene rings is 2. The maximum Gasteiger partial charge on any atom is 0.259 e. The minimum absolute atomic E-state index is 0.579. The van der Waals surface area contributed by atoms with Crippen LogP contribution in [0.1, 0.15) is 5.69 Å². The number of aromatic nitrogens is 3. The summed E-state index contributed by atoms with van der Waals surface area (Å²) < 4.78 is 7.54. The normalized spacial score (nSPS) is 11.7. The highest BCUT2D eigenvalue weighted by molar-refractivity contribution is 6.10. The Morgan fingerprint density at radius 1 is 0.870 bits per heavy atom. The van der Waals surface area contributed by atoms with Crippen LogP contribution in [0, 0.1) is 6.92 Å². The van der Waals surface area contributed by atoms with Crippen molar-refractivity contribution in [1.82, 2.24) is 14.7 Å². The van der Waals surface area contributed by atoms with Gasteiger partial charge in [-0.2, -0.15) is 4.98 Å². The first-order valence-corrected chi connectivity index (χ1v) is 7.54. The Kier molecular flexibility index (Phi) is 2.39. The van der Waals surface area contributed by atoms with E-state index in [1.54, 1.807) is 0 Å². The van der Waals surface area contributed by atoms with E-state index in [2.05, 4.69) is 52.2 Å². The highest BCUT2D eigenvalue weighted by atomic mass is 16.5. The minimum atomic E-state index is 0.579. The van der Waals surface area contributed by atoms with E-state index in [9.17, 15) is 0 Å². The van der Waals surface area contributed by atoms with Crippen LogP contribution >= 0.6 is 0 Å². The van der Waals surface area contributed by atoms with Crippen LogP contribution < -0.4 is 0 Å². The zero-order valence-corrected chi connectivity index (χ0v) is 12.5. The van der Waals surface area contributed by atoms with Crippen LogP contribution in [0.2, 0.25) is 0 Å². The molecule has 0 fully saturated rings. The molecule has 3 aromatic heterocycles. The maximum absolute atomic E-state index is 5.37. The molecule has 23 heavy (non-hydrogen) atoms. The molecule has 0 atom stereocenters. The van der Waals surface area contributed by atoms with Crippen molar-refractivity contribution in [2.75, 3.05) is 0 Å². The van der Waals surface area contributed by atoms with Crippen LogP contribution in [-0.2, 0) is 0 Å². The number of para-hydroxylation sites is 2. The van der Waals surface area contributed by atoms with Gasteiger partial charge in [-0.25, -0.2) is 0 Å². The molecule has 5 rings (SSSR count). The van der Waals surface area contributed by atoms with Crippen molar-refractivity contribution in [2.24, 2.45) is 0 Å². The zero-order chi connectivity index (χ0) is 15.4. The van der Waals surface area contributed by atoms with Crippen molar-refractivity contribution >= 4 is 33.0 Å². The number of hydrogen-bond donors (Lipinski definition) is 0. The van der Waals surface area contributed by atoms with Crippen LogP contribution in [0.15, 0.2) is 65.2 Å². The van der Waals surface area contributed by atoms with Gasteiger partial charge in [0.1, 0.15) is 5.65 Å². The van der Waals surface area contributed by atoms with Crippen LogP contribution in [-0.4, -0.2) is 14.7 Å². The fourth-order valence-corrected chi connectivity index (χ4v) is 3.19. The molecule has 0 aliphatic rings. The molecular weight excluding hydrogens is 286 g/mol. The Morgan fingerprint density at radius 3 is 2.52 bits per heavy atom. The number of rotatable bonds is 1. The van der Waals surface area contributed by atoms with E-state index < -0.39 is 0 Å². The zero-order valence-electron chi connectivity index (χ0n) is 12.5. The van der Waals surface area contributed by atoms with Crippen molar-refractivity contribution in [1.29, 1.82) is 0 Å². The second-order valence-electron chi connectivity index (χ2n) is 5.67. The minimum Gasteiger partial charge on any atom is -0.335 e. The molecular formula is C19H13N3O. The van der Waals surface area contributed by atoms with Gasteiger partial charge in [-0.1, -0.05) is 41.6 Å². The molecule has 0 saturated heterocycles. The number of aryl methyl sites for hydroxylation is 1. The molecule has 4 nitrogen and oxygen atoms in total. The van der Waals surface area contributed by atoms with Crippen molar-refractivity contribution in [3.05, 3.63) is 66.4 Å². The molecule has 5 aromatic rings. The molecule has 0 bridgehead atoms. The number of fused-ring (bicyclic) bond motifs is 4. The maximum atomic E-state index is 5.37. The highest BCUT2D eigenvalue weighted by Crippen LogP contribution is 2.33. The molecule has 0 saturated carbocycles. The first kappa shape index (κ1) is 12.4. The summed E-state index contributed by atoms with van der Waals surface area (Å²) >= 11 is 0. The smallest absolute Gasteiger partial charge is 0.259 e. The average molecular weight is 299 g/mol. The van der Waals surface area contributed by atoms with Gasteiger partial charge in [-0.15, -0.1) is 0 Å². The Hall–Kier alpha value is -3.14. The third kappa shape index (κ3) is 1.66. The molecule has 3 heterocycles. The summed E-state index contributed by atoms with van der Waals surface area (Å²) in [7, 11) is 0. The van der Waals surface area contributed by atoms with E-state index in [4.69, 9.17) is 9.51 Å². The molecule has 0 N–H and O–H groups in total. The van der Waals surface area contributed by atoms with Gasteiger partial charge in [0.25, 0.3) is 5.71 Å². The van der Waals surface area contributed by atoms with Gasteiger partial charge in [-0.05, 0) is 31.2 Å². The summed E-state index contributed by atoms with van der Waals surface area (Å²) in [6.07, 6.45) is 0. The largest absolute Gasteiger partial charge is 0.335 e. The van der Waals surface area contributed by atoms with Gasteiger partial charge in [-0.3, -0.25) is 4.57 Å². The van der Waals surface area contributed by atoms with Crippen molar-refractivity contribution in [3.63, 3.8) is 0 Å². The Balaban J connectivity index is 2.03. The molecule has 0 radical (unpaired) electrons. The van der Waals surface area contributed by atoms with Gasteiger partial charge in [0.05, 0.1) is 16.6 Å². The Bertz CT molecular complexity index is 1170. The molecule has 0 amide bonds. The van der Waals surface area contributed by atoms with Crippen LogP contribution in [0.3, 0.4) is 0 Å². The third-order valence-corrected chi connectivity index (χ3v) is 4.29. The van der Waals surface area contributed by atoms with Crippen LogP contribution in [0.25, 0.3) is 38.7 Å². The Morgan fingerprint density at radius 2 is 1.65 bits per heavy atom. The molecule has 0 aliphatic carbocycles. The second-order valence-corrected chi connectivity index (χ2v) is 5.67. The van der Waals surface area contributed by atoms with Gasteiger partial charge in [0, 0.05) is 16.5 Å². The predicted molar refractivity (Wildman–Crippen MR) is 90.9 cm³/mol. The van der Waals surface area contributed by atoms with Gasteiger partial charge in [0.2, 0.25) is 0 Å². The van der Waals surface area contributed by atoms with Gasteiger partial charge in [0.15, 0.2) is 0 Å². The van der Waals surface area contributed by atoms with Crippen molar-refractivity contribution in [2.45, 2.75) is 6.92 Å². The molecule has 0 unspecified atom stereocenters. The SMILES string of the molecule is Cc1noc2nc3c(cc12)c1ccccc1n3-c1ccccc1. The standard InChI is InChI=1S/C19H13N3O/c1-12-15-11-16-14-9-5-6-10-17(14)22(13-7-3-2-4-8-13)18(16)20-19(15)23-21-12/h2-11H,1H3. The van der Waals surface area contributed by atoms with E-state index in [0.717, 1.165) is 33.3 Å². The van der Waals surface area contributed by atoms with E-state index in [0.29, 0.717) is 5.71 Å². The second kappa shape index (κ2) is 4.43. The molecule has 0 spiro atoms. The van der Waals surface area contributed by atoms with Gasteiger partial charge >= 0.3 is 0 Å². The predicted octanol–water partition coefficient (Wildman–Crippen LogP) is 4.63. The number of pyridine rings is 1. The monoisotopic (exact) mass is 299 g/mol. The molecule has 0 aliphatic heterocycles. The average Bonchev–Trinajstić information content (AvgIpc) is 3.12. The Labute approximate surface area is 132 Å². The van der Waals surface area contributed by atoms with Crippen molar-refractivity contribution < 1.29 is 4.52 Å². The van der Waals surface area contributed by atoms with E-state index in [1.807, 2.05) is 25.1 Å². The van der Waals surface area contributed by atoms with E-state index in [1.165, 1.54) is 5.39 Å². The first-order chi connectivity index (χ1) is 11.3. The molecule has 4 heteroatoms. The summed E-state index contributed by atoms with van der Waals surface area (Å²) in [4.78, 5) is 4.75. The summed E-state index contributed by atoms with van der Waals surface area (Å²) in [6, 6.07) is 20.8. The number of nitrogens with zero attached hydrogens (tertiary/aromatic N) is 3. The number of hydrogen-bond acceptors (Lipinski definition) is 3. The summed E-state index contributed by atoms with van der Waals surface area (Å²) in [5, 5.41) is 7.30. The lowest BCUT2D eigenvalue weighted by Crippen LogP contribution is -1.94. The third-order valence-electron chi connectivity index (χ3n) is 4.29. The van der Waals surface area contributed by atoms with Gasteiger partial charge < -0.3 is 4.52 Å². The van der Waals surface area contributed by atoms with Crippen molar-refractivity contribution in [3.8, 4) is 5.69 Å². The van der Waals surface area contributed by atoms with Crippen LogP contribution in [0.5, 0.6) is 0 Å². The lowest BCUT2D eigenvalue weighted by molar-refractivity contribution is 0.443. The highest BCUT2D eigenvalue weighted by Gasteiger charge is 2.16. The fourth-order valence-electron chi connectivity index (χ4n) is 3.19.